The van der Waals surface area contributed by atoms with Crippen LogP contribution in [0.1, 0.15) is 24.8 Å². The van der Waals surface area contributed by atoms with Gasteiger partial charge < -0.3 is 10.2 Å². The fourth-order valence-corrected chi connectivity index (χ4v) is 2.29. The molecule has 0 aromatic carbocycles. The van der Waals surface area contributed by atoms with E-state index in [0.717, 1.165) is 32.4 Å². The van der Waals surface area contributed by atoms with E-state index >= 15 is 0 Å². The lowest BCUT2D eigenvalue weighted by Crippen LogP contribution is -2.47. The summed E-state index contributed by atoms with van der Waals surface area (Å²) in [6.07, 6.45) is 7.78. The predicted molar refractivity (Wildman–Crippen MR) is 71.2 cm³/mol. The zero-order chi connectivity index (χ0) is 12.8. The average molecular weight is 247 g/mol. The van der Waals surface area contributed by atoms with Crippen molar-refractivity contribution in [2.75, 3.05) is 20.1 Å². The Labute approximate surface area is 108 Å². The second-order valence-corrected chi connectivity index (χ2v) is 4.87. The third-order valence-corrected chi connectivity index (χ3v) is 3.47. The predicted octanol–water partition coefficient (Wildman–Crippen LogP) is 1.22. The van der Waals surface area contributed by atoms with E-state index in [1.54, 1.807) is 12.4 Å². The van der Waals surface area contributed by atoms with Crippen LogP contribution in [0.2, 0.25) is 0 Å². The van der Waals surface area contributed by atoms with Crippen molar-refractivity contribution in [3.05, 3.63) is 30.1 Å². The van der Waals surface area contributed by atoms with Crippen molar-refractivity contribution in [1.29, 1.82) is 0 Å². The summed E-state index contributed by atoms with van der Waals surface area (Å²) in [6, 6.07) is 4.02. The van der Waals surface area contributed by atoms with E-state index in [4.69, 9.17) is 0 Å². The fourth-order valence-electron chi connectivity index (χ4n) is 2.29. The van der Waals surface area contributed by atoms with Crippen molar-refractivity contribution in [3.63, 3.8) is 0 Å². The van der Waals surface area contributed by atoms with Crippen LogP contribution in [0.4, 0.5) is 0 Å². The number of carbonyl (C=O) groups excluding carboxylic acids is 1. The minimum Gasteiger partial charge on any atom is -0.344 e. The molecule has 0 aliphatic carbocycles. The molecule has 0 bridgehead atoms. The maximum Gasteiger partial charge on any atom is 0.239 e. The summed E-state index contributed by atoms with van der Waals surface area (Å²) in [5, 5.41) is 3.30. The van der Waals surface area contributed by atoms with Gasteiger partial charge in [0.25, 0.3) is 0 Å². The van der Waals surface area contributed by atoms with Gasteiger partial charge in [-0.05, 0) is 43.5 Å². The first-order valence-corrected chi connectivity index (χ1v) is 6.64. The van der Waals surface area contributed by atoms with Gasteiger partial charge in [-0.1, -0.05) is 6.42 Å². The Balaban J connectivity index is 1.80. The molecule has 1 atom stereocenters. The van der Waals surface area contributed by atoms with Crippen molar-refractivity contribution in [2.45, 2.75) is 31.7 Å². The number of rotatable bonds is 4. The van der Waals surface area contributed by atoms with Gasteiger partial charge in [0.1, 0.15) is 0 Å². The van der Waals surface area contributed by atoms with E-state index in [-0.39, 0.29) is 11.9 Å². The molecule has 2 rings (SSSR count). The highest BCUT2D eigenvalue weighted by Crippen LogP contribution is 2.09. The largest absolute Gasteiger partial charge is 0.344 e. The summed E-state index contributed by atoms with van der Waals surface area (Å²) >= 11 is 0. The number of likely N-dealkylation sites (N-methyl/N-ethyl adjacent to an activating group) is 1. The van der Waals surface area contributed by atoms with Gasteiger partial charge in [-0.25, -0.2) is 0 Å². The minimum absolute atomic E-state index is 0.0289. The van der Waals surface area contributed by atoms with Crippen LogP contribution in [-0.4, -0.2) is 42.0 Å². The standard InChI is InChI=1S/C14H21N3O/c1-17(11-7-12-5-9-15-10-6-12)14(18)13-4-2-3-8-16-13/h5-6,9-10,13,16H,2-4,7-8,11H2,1H3/t13-/m1/s1. The molecule has 0 spiro atoms. The lowest BCUT2D eigenvalue weighted by atomic mass is 10.0. The molecule has 4 nitrogen and oxygen atoms in total. The summed E-state index contributed by atoms with van der Waals surface area (Å²) in [5.41, 5.74) is 1.22. The van der Waals surface area contributed by atoms with Crippen molar-refractivity contribution in [1.82, 2.24) is 15.2 Å². The third kappa shape index (κ3) is 3.53. The normalized spacial score (nSPS) is 19.5. The Morgan fingerprint density at radius 1 is 1.44 bits per heavy atom. The van der Waals surface area contributed by atoms with Crippen LogP contribution in [0.5, 0.6) is 0 Å². The molecule has 2 heterocycles. The summed E-state index contributed by atoms with van der Waals surface area (Å²) in [7, 11) is 1.89. The lowest BCUT2D eigenvalue weighted by molar-refractivity contribution is -0.132. The molecule has 18 heavy (non-hydrogen) atoms. The van der Waals surface area contributed by atoms with Crippen molar-refractivity contribution in [2.24, 2.45) is 0 Å². The number of piperidine rings is 1. The zero-order valence-electron chi connectivity index (χ0n) is 10.9. The second-order valence-electron chi connectivity index (χ2n) is 4.87. The highest BCUT2D eigenvalue weighted by Gasteiger charge is 2.23. The van der Waals surface area contributed by atoms with E-state index in [9.17, 15) is 4.79 Å². The molecule has 1 fully saturated rings. The Morgan fingerprint density at radius 3 is 2.89 bits per heavy atom. The van der Waals surface area contributed by atoms with Crippen molar-refractivity contribution in [3.8, 4) is 0 Å². The Morgan fingerprint density at radius 2 is 2.22 bits per heavy atom. The van der Waals surface area contributed by atoms with Crippen LogP contribution in [0, 0.1) is 0 Å². The van der Waals surface area contributed by atoms with Crippen molar-refractivity contribution >= 4 is 5.91 Å². The molecule has 1 aliphatic rings. The molecular weight excluding hydrogens is 226 g/mol. The first kappa shape index (κ1) is 13.0. The number of aromatic nitrogens is 1. The molecule has 1 aromatic heterocycles. The van der Waals surface area contributed by atoms with Gasteiger partial charge in [0.2, 0.25) is 5.91 Å². The number of nitrogens with zero attached hydrogens (tertiary/aromatic N) is 2. The SMILES string of the molecule is CN(CCc1ccncc1)C(=O)[C@H]1CCCCN1. The summed E-state index contributed by atoms with van der Waals surface area (Å²) in [4.78, 5) is 18.0. The van der Waals surface area contributed by atoms with Gasteiger partial charge in [0.15, 0.2) is 0 Å². The van der Waals surface area contributed by atoms with Gasteiger partial charge in [-0.2, -0.15) is 0 Å². The molecule has 0 unspecified atom stereocenters. The Kier molecular flexibility index (Phi) is 4.70. The molecule has 0 radical (unpaired) electrons. The zero-order valence-corrected chi connectivity index (χ0v) is 10.9. The van der Waals surface area contributed by atoms with E-state index in [1.807, 2.05) is 24.1 Å². The molecule has 1 saturated heterocycles. The van der Waals surface area contributed by atoms with Crippen molar-refractivity contribution < 1.29 is 4.79 Å². The maximum absolute atomic E-state index is 12.2. The Hall–Kier alpha value is -1.42. The van der Waals surface area contributed by atoms with Gasteiger partial charge >= 0.3 is 0 Å². The van der Waals surface area contributed by atoms with Crippen LogP contribution in [0.3, 0.4) is 0 Å². The third-order valence-electron chi connectivity index (χ3n) is 3.47. The summed E-state index contributed by atoms with van der Waals surface area (Å²) < 4.78 is 0. The molecule has 98 valence electrons. The fraction of sp³-hybridized carbons (Fsp3) is 0.571. The highest BCUT2D eigenvalue weighted by atomic mass is 16.2. The highest BCUT2D eigenvalue weighted by molar-refractivity contribution is 5.81. The van der Waals surface area contributed by atoms with Crippen LogP contribution < -0.4 is 5.32 Å². The minimum atomic E-state index is 0.0289. The lowest BCUT2D eigenvalue weighted by Gasteiger charge is -2.27. The van der Waals surface area contributed by atoms with E-state index in [1.165, 1.54) is 12.0 Å². The maximum atomic E-state index is 12.2. The number of pyridine rings is 1. The average Bonchev–Trinajstić information content (AvgIpc) is 2.46. The van der Waals surface area contributed by atoms with Crippen LogP contribution in [0.25, 0.3) is 0 Å². The molecule has 4 heteroatoms. The number of amides is 1. The van der Waals surface area contributed by atoms with E-state index in [2.05, 4.69) is 10.3 Å². The van der Waals surface area contributed by atoms with Crippen LogP contribution >= 0.6 is 0 Å². The van der Waals surface area contributed by atoms with E-state index in [0.29, 0.717) is 0 Å². The molecule has 1 amide bonds. The molecule has 1 N–H and O–H groups in total. The topological polar surface area (TPSA) is 45.2 Å². The van der Waals surface area contributed by atoms with Gasteiger partial charge in [-0.3, -0.25) is 9.78 Å². The molecule has 1 aliphatic heterocycles. The van der Waals surface area contributed by atoms with Gasteiger partial charge in [0.05, 0.1) is 6.04 Å². The summed E-state index contributed by atoms with van der Waals surface area (Å²) in [6.45, 7) is 1.73. The Bertz CT molecular complexity index is 374. The molecule has 1 aromatic rings. The van der Waals surface area contributed by atoms with E-state index < -0.39 is 0 Å². The number of hydrogen-bond donors (Lipinski definition) is 1. The number of hydrogen-bond acceptors (Lipinski definition) is 3. The number of carbonyl (C=O) groups is 1. The van der Waals surface area contributed by atoms with Gasteiger partial charge in [-0.15, -0.1) is 0 Å². The first-order valence-electron chi connectivity index (χ1n) is 6.64. The smallest absolute Gasteiger partial charge is 0.239 e. The van der Waals surface area contributed by atoms with Crippen LogP contribution in [-0.2, 0) is 11.2 Å². The first-order chi connectivity index (χ1) is 8.77. The second kappa shape index (κ2) is 6.50. The molecular formula is C14H21N3O. The summed E-state index contributed by atoms with van der Waals surface area (Å²) in [5.74, 6) is 0.226. The van der Waals surface area contributed by atoms with Crippen LogP contribution in [0.15, 0.2) is 24.5 Å². The molecule has 0 saturated carbocycles. The number of nitrogens with one attached hydrogen (secondary N) is 1. The van der Waals surface area contributed by atoms with Gasteiger partial charge in [0, 0.05) is 26.0 Å². The quantitative estimate of drug-likeness (QED) is 0.870. The monoisotopic (exact) mass is 247 g/mol.